The van der Waals surface area contributed by atoms with Crippen LogP contribution < -0.4 is 10.2 Å². The molecule has 0 aliphatic carbocycles. The Bertz CT molecular complexity index is 1100. The topological polar surface area (TPSA) is 40.6 Å². The van der Waals surface area contributed by atoms with Crippen LogP contribution in [0.4, 0.5) is 5.69 Å². The van der Waals surface area contributed by atoms with Gasteiger partial charge in [-0.15, -0.1) is 0 Å². The first-order valence-electron chi connectivity index (χ1n) is 11.6. The molecule has 0 amide bonds. The van der Waals surface area contributed by atoms with Crippen molar-refractivity contribution >= 4 is 40.2 Å². The molecule has 1 aromatic heterocycles. The molecule has 1 N–H and O–H groups in total. The molecule has 5 nitrogen and oxygen atoms in total. The van der Waals surface area contributed by atoms with E-state index in [1.807, 2.05) is 18.3 Å². The molecule has 174 valence electrons. The molecule has 2 saturated heterocycles. The number of hydrogen-bond donors (Lipinski definition) is 1. The van der Waals surface area contributed by atoms with Crippen LogP contribution in [0.5, 0.6) is 0 Å². The fourth-order valence-corrected chi connectivity index (χ4v) is 5.95. The Morgan fingerprint density at radius 3 is 2.82 bits per heavy atom. The molecule has 4 heterocycles. The van der Waals surface area contributed by atoms with Crippen LogP contribution in [0.3, 0.4) is 0 Å². The van der Waals surface area contributed by atoms with Crippen molar-refractivity contribution in [3.8, 4) is 0 Å². The molecular weight excluding hydrogens is 452 g/mol. The van der Waals surface area contributed by atoms with E-state index in [0.29, 0.717) is 0 Å². The number of likely N-dealkylation sites (N-methyl/N-ethyl adjacent to an activating group) is 1. The minimum atomic E-state index is -0.0855. The van der Waals surface area contributed by atoms with Crippen LogP contribution in [0.15, 0.2) is 42.6 Å². The largest absolute Gasteiger partial charge is 0.376 e. The quantitative estimate of drug-likeness (QED) is 0.579. The number of allylic oxidation sites excluding steroid dienone is 1. The molecule has 2 aromatic rings. The number of thiocarbonyl (C=S) groups is 1. The van der Waals surface area contributed by atoms with Gasteiger partial charge in [0.25, 0.3) is 0 Å². The predicted octanol–water partition coefficient (Wildman–Crippen LogP) is 5.52. The van der Waals surface area contributed by atoms with Crippen molar-refractivity contribution in [1.29, 1.82) is 0 Å². The molecule has 3 atom stereocenters. The van der Waals surface area contributed by atoms with Crippen molar-refractivity contribution in [2.75, 3.05) is 25.1 Å². The van der Waals surface area contributed by atoms with Crippen LogP contribution in [-0.2, 0) is 4.74 Å². The van der Waals surface area contributed by atoms with E-state index in [2.05, 4.69) is 72.2 Å². The number of benzene rings is 1. The van der Waals surface area contributed by atoms with Gasteiger partial charge in [-0.3, -0.25) is 4.98 Å². The van der Waals surface area contributed by atoms with Crippen molar-refractivity contribution in [2.45, 2.75) is 57.3 Å². The van der Waals surface area contributed by atoms with Gasteiger partial charge in [0.2, 0.25) is 0 Å². The Balaban J connectivity index is 1.61. The molecule has 0 bridgehead atoms. The van der Waals surface area contributed by atoms with Crippen LogP contribution >= 0.6 is 23.8 Å². The average Bonchev–Trinajstić information content (AvgIpc) is 3.41. The number of anilines is 1. The van der Waals surface area contributed by atoms with Gasteiger partial charge in [-0.1, -0.05) is 23.7 Å². The summed E-state index contributed by atoms with van der Waals surface area (Å²) in [7, 11) is 2.13. The molecule has 0 radical (unpaired) electrons. The lowest BCUT2D eigenvalue weighted by Gasteiger charge is -2.41. The number of ether oxygens (including phenoxy) is 1. The number of rotatable bonds is 4. The van der Waals surface area contributed by atoms with Crippen LogP contribution in [0, 0.1) is 0 Å². The van der Waals surface area contributed by atoms with Crippen molar-refractivity contribution in [1.82, 2.24) is 15.2 Å². The van der Waals surface area contributed by atoms with Crippen LogP contribution in [0.2, 0.25) is 5.02 Å². The van der Waals surface area contributed by atoms with E-state index >= 15 is 0 Å². The molecule has 1 aromatic carbocycles. The highest BCUT2D eigenvalue weighted by atomic mass is 35.5. The lowest BCUT2D eigenvalue weighted by Crippen LogP contribution is -2.42. The summed E-state index contributed by atoms with van der Waals surface area (Å²) in [5, 5.41) is 5.02. The summed E-state index contributed by atoms with van der Waals surface area (Å²) in [4.78, 5) is 9.21. The zero-order chi connectivity index (χ0) is 23.3. The van der Waals surface area contributed by atoms with Crippen molar-refractivity contribution in [3.05, 3.63) is 64.4 Å². The third-order valence-electron chi connectivity index (χ3n) is 7.28. The van der Waals surface area contributed by atoms with Gasteiger partial charge in [0.15, 0.2) is 5.11 Å². The molecule has 5 rings (SSSR count). The van der Waals surface area contributed by atoms with Gasteiger partial charge in [0, 0.05) is 42.7 Å². The van der Waals surface area contributed by atoms with E-state index in [0.717, 1.165) is 53.1 Å². The second-order valence-corrected chi connectivity index (χ2v) is 10.6. The molecule has 2 fully saturated rings. The lowest BCUT2D eigenvalue weighted by atomic mass is 9.86. The molecule has 0 unspecified atom stereocenters. The minimum absolute atomic E-state index is 0.0672. The maximum Gasteiger partial charge on any atom is 0.170 e. The maximum absolute atomic E-state index is 7.03. The third-order valence-corrected chi connectivity index (χ3v) is 7.96. The predicted molar refractivity (Wildman–Crippen MR) is 139 cm³/mol. The first-order chi connectivity index (χ1) is 15.8. The molecule has 33 heavy (non-hydrogen) atoms. The highest BCUT2D eigenvalue weighted by Gasteiger charge is 2.42. The summed E-state index contributed by atoms with van der Waals surface area (Å²) in [5.74, 6) is 0. The Hall–Kier alpha value is -2.15. The van der Waals surface area contributed by atoms with Gasteiger partial charge in [-0.25, -0.2) is 0 Å². The van der Waals surface area contributed by atoms with Gasteiger partial charge in [0.1, 0.15) is 0 Å². The molecule has 0 saturated carbocycles. The van der Waals surface area contributed by atoms with Crippen LogP contribution in [-0.4, -0.2) is 46.8 Å². The van der Waals surface area contributed by atoms with E-state index in [1.165, 1.54) is 11.1 Å². The zero-order valence-corrected chi connectivity index (χ0v) is 21.2. The minimum Gasteiger partial charge on any atom is -0.376 e. The molecule has 3 aliphatic rings. The second-order valence-electron chi connectivity index (χ2n) is 9.84. The highest BCUT2D eigenvalue weighted by molar-refractivity contribution is 7.80. The fraction of sp³-hybridized carbons (Fsp3) is 0.462. The molecule has 0 spiro atoms. The van der Waals surface area contributed by atoms with Crippen molar-refractivity contribution in [3.63, 3.8) is 0 Å². The normalized spacial score (nSPS) is 26.3. The van der Waals surface area contributed by atoms with Crippen LogP contribution in [0.1, 0.15) is 62.5 Å². The second kappa shape index (κ2) is 8.57. The number of nitrogens with one attached hydrogen (secondary N) is 1. The zero-order valence-electron chi connectivity index (χ0n) is 19.6. The lowest BCUT2D eigenvalue weighted by molar-refractivity contribution is 0.0842. The van der Waals surface area contributed by atoms with Crippen molar-refractivity contribution in [2.24, 2.45) is 0 Å². The highest BCUT2D eigenvalue weighted by Crippen LogP contribution is 2.46. The SMILES string of the molecule is CC1=CC(C)(C)N(C)c2cc(Cl)c([C@@H]3[C@H](c4ccccn4)NC(=S)N3C[C@H]3CCCO3)cc21. The Labute approximate surface area is 206 Å². The monoisotopic (exact) mass is 482 g/mol. The Kier molecular flexibility index (Phi) is 5.88. The van der Waals surface area contributed by atoms with Gasteiger partial charge in [-0.05, 0) is 81.2 Å². The average molecular weight is 483 g/mol. The number of pyridine rings is 1. The molecule has 7 heteroatoms. The standard InChI is InChI=1S/C26H31ClN4OS/c1-16-14-26(2,3)30(4)22-13-20(27)19(12-18(16)22)24-23(21-9-5-6-10-28-21)29-25(33)31(24)15-17-8-7-11-32-17/h5-6,9-10,12-14,17,23-24H,7-8,11,15H2,1-4H3,(H,29,33)/t17-,23+,24-/m1/s1. The number of nitrogens with zero attached hydrogens (tertiary/aromatic N) is 3. The number of hydrogen-bond acceptors (Lipinski definition) is 4. The van der Waals surface area contributed by atoms with E-state index < -0.39 is 0 Å². The van der Waals surface area contributed by atoms with Crippen molar-refractivity contribution < 1.29 is 4.74 Å². The summed E-state index contributed by atoms with van der Waals surface area (Å²) in [6, 6.07) is 10.2. The van der Waals surface area contributed by atoms with Gasteiger partial charge in [0.05, 0.1) is 29.4 Å². The molecule has 3 aliphatic heterocycles. The summed E-state index contributed by atoms with van der Waals surface area (Å²) in [6.45, 7) is 8.19. The Morgan fingerprint density at radius 2 is 2.12 bits per heavy atom. The van der Waals surface area contributed by atoms with Gasteiger partial charge >= 0.3 is 0 Å². The third kappa shape index (κ3) is 4.02. The summed E-state index contributed by atoms with van der Waals surface area (Å²) in [5.41, 5.74) is 5.59. The van der Waals surface area contributed by atoms with Crippen LogP contribution in [0.25, 0.3) is 5.57 Å². The van der Waals surface area contributed by atoms with Gasteiger partial charge < -0.3 is 19.9 Å². The first kappa shape index (κ1) is 22.6. The smallest absolute Gasteiger partial charge is 0.170 e. The van der Waals surface area contributed by atoms with E-state index in [9.17, 15) is 0 Å². The molecular formula is C26H31ClN4OS. The van der Waals surface area contributed by atoms with E-state index in [4.69, 9.17) is 28.6 Å². The number of fused-ring (bicyclic) bond motifs is 1. The first-order valence-corrected chi connectivity index (χ1v) is 12.4. The number of aromatic nitrogens is 1. The van der Waals surface area contributed by atoms with E-state index in [1.54, 1.807) is 0 Å². The number of halogens is 1. The summed E-state index contributed by atoms with van der Waals surface area (Å²) in [6.07, 6.45) is 6.49. The Morgan fingerprint density at radius 1 is 1.30 bits per heavy atom. The fourth-order valence-electron chi connectivity index (χ4n) is 5.36. The summed E-state index contributed by atoms with van der Waals surface area (Å²) >= 11 is 12.9. The van der Waals surface area contributed by atoms with Gasteiger partial charge in [-0.2, -0.15) is 0 Å². The van der Waals surface area contributed by atoms with E-state index in [-0.39, 0.29) is 23.7 Å². The maximum atomic E-state index is 7.03. The summed E-state index contributed by atoms with van der Waals surface area (Å²) < 4.78 is 5.97.